The molecule has 8 heteroatoms. The monoisotopic (exact) mass is 433 g/mol. The van der Waals surface area contributed by atoms with Crippen LogP contribution < -0.4 is 10.1 Å². The van der Waals surface area contributed by atoms with Crippen LogP contribution in [0.5, 0.6) is 5.75 Å². The van der Waals surface area contributed by atoms with E-state index in [9.17, 15) is 9.59 Å². The molecule has 0 aromatic heterocycles. The molecule has 162 valence electrons. The van der Waals surface area contributed by atoms with Gasteiger partial charge in [0.1, 0.15) is 18.5 Å². The van der Waals surface area contributed by atoms with Crippen LogP contribution in [0.25, 0.3) is 0 Å². The molecule has 0 aliphatic carbocycles. The van der Waals surface area contributed by atoms with Crippen molar-refractivity contribution in [3.8, 4) is 5.75 Å². The standard InChI is InChI=1S/C22H27NO6S/c1-16(11-13-28-20(25)15-30)21(18-9-5-6-10-19(18)27-14-12-24)29-22(26)23-17-7-3-2-4-8-17/h2-10,16,21,24,30H,11-15H2,1H3,(H,23,26)/t16-,21-/m0/s1. The number of thiol groups is 1. The van der Waals surface area contributed by atoms with Gasteiger partial charge in [-0.05, 0) is 24.6 Å². The molecule has 2 rings (SSSR count). The van der Waals surface area contributed by atoms with Gasteiger partial charge < -0.3 is 19.3 Å². The van der Waals surface area contributed by atoms with Gasteiger partial charge in [0, 0.05) is 17.2 Å². The molecule has 2 aromatic carbocycles. The molecule has 2 aromatic rings. The van der Waals surface area contributed by atoms with E-state index in [1.165, 1.54) is 0 Å². The number of benzene rings is 2. The minimum atomic E-state index is -0.654. The molecule has 30 heavy (non-hydrogen) atoms. The number of anilines is 1. The van der Waals surface area contributed by atoms with Crippen LogP contribution in [-0.4, -0.2) is 42.7 Å². The Hall–Kier alpha value is -2.71. The summed E-state index contributed by atoms with van der Waals surface area (Å²) in [6.07, 6.45) is -0.794. The lowest BCUT2D eigenvalue weighted by atomic mass is 9.94. The smallest absolute Gasteiger partial charge is 0.412 e. The first-order valence-corrected chi connectivity index (χ1v) is 10.3. The van der Waals surface area contributed by atoms with Crippen LogP contribution in [0.2, 0.25) is 0 Å². The maximum Gasteiger partial charge on any atom is 0.412 e. The van der Waals surface area contributed by atoms with Gasteiger partial charge in [-0.25, -0.2) is 4.79 Å². The molecule has 0 radical (unpaired) electrons. The van der Waals surface area contributed by atoms with E-state index < -0.39 is 18.2 Å². The molecule has 0 saturated heterocycles. The van der Waals surface area contributed by atoms with Gasteiger partial charge in [0.25, 0.3) is 0 Å². The Labute approximate surface area is 181 Å². The summed E-state index contributed by atoms with van der Waals surface area (Å²) in [6, 6.07) is 16.2. The normalized spacial score (nSPS) is 12.5. The fourth-order valence-corrected chi connectivity index (χ4v) is 2.92. The number of aliphatic hydroxyl groups is 1. The number of aliphatic hydroxyl groups excluding tert-OH is 1. The lowest BCUT2D eigenvalue weighted by Gasteiger charge is -2.26. The van der Waals surface area contributed by atoms with E-state index in [4.69, 9.17) is 19.3 Å². The minimum absolute atomic E-state index is 0.00558. The van der Waals surface area contributed by atoms with Crippen molar-refractivity contribution in [2.24, 2.45) is 5.92 Å². The average Bonchev–Trinajstić information content (AvgIpc) is 2.76. The first-order chi connectivity index (χ1) is 14.5. The molecule has 0 saturated carbocycles. The molecular formula is C22H27NO6S. The molecule has 2 atom stereocenters. The Morgan fingerprint density at radius 3 is 2.47 bits per heavy atom. The molecular weight excluding hydrogens is 406 g/mol. The molecule has 0 unspecified atom stereocenters. The zero-order chi connectivity index (χ0) is 21.8. The van der Waals surface area contributed by atoms with Gasteiger partial charge in [-0.1, -0.05) is 43.3 Å². The number of amides is 1. The molecule has 0 heterocycles. The van der Waals surface area contributed by atoms with E-state index in [-0.39, 0.29) is 31.5 Å². The van der Waals surface area contributed by atoms with Crippen LogP contribution in [0.3, 0.4) is 0 Å². The summed E-state index contributed by atoms with van der Waals surface area (Å²) in [5.41, 5.74) is 1.28. The number of rotatable bonds is 11. The third kappa shape index (κ3) is 7.61. The van der Waals surface area contributed by atoms with Gasteiger partial charge in [0.15, 0.2) is 0 Å². The maximum absolute atomic E-state index is 12.5. The molecule has 1 amide bonds. The first kappa shape index (κ1) is 23.6. The van der Waals surface area contributed by atoms with Gasteiger partial charge in [-0.15, -0.1) is 0 Å². The van der Waals surface area contributed by atoms with Crippen molar-refractivity contribution >= 4 is 30.4 Å². The highest BCUT2D eigenvalue weighted by atomic mass is 32.1. The Morgan fingerprint density at radius 2 is 1.77 bits per heavy atom. The summed E-state index contributed by atoms with van der Waals surface area (Å²) in [6.45, 7) is 2.07. The summed E-state index contributed by atoms with van der Waals surface area (Å²) >= 11 is 3.89. The van der Waals surface area contributed by atoms with Crippen molar-refractivity contribution in [1.82, 2.24) is 0 Å². The predicted molar refractivity (Wildman–Crippen MR) is 117 cm³/mol. The fraction of sp³-hybridized carbons (Fsp3) is 0.364. The lowest BCUT2D eigenvalue weighted by molar-refractivity contribution is -0.141. The number of carbonyl (C=O) groups is 2. The van der Waals surface area contributed by atoms with Crippen LogP contribution in [0, 0.1) is 5.92 Å². The molecule has 2 N–H and O–H groups in total. The third-order valence-electron chi connectivity index (χ3n) is 4.31. The van der Waals surface area contributed by atoms with E-state index in [0.717, 1.165) is 0 Å². The van der Waals surface area contributed by atoms with Crippen LogP contribution in [0.15, 0.2) is 54.6 Å². The first-order valence-electron chi connectivity index (χ1n) is 9.67. The largest absolute Gasteiger partial charge is 0.491 e. The number of para-hydroxylation sites is 2. The van der Waals surface area contributed by atoms with Crippen molar-refractivity contribution in [3.63, 3.8) is 0 Å². The Morgan fingerprint density at radius 1 is 1.07 bits per heavy atom. The van der Waals surface area contributed by atoms with Crippen molar-refractivity contribution in [1.29, 1.82) is 0 Å². The van der Waals surface area contributed by atoms with Gasteiger partial charge in [0.2, 0.25) is 0 Å². The van der Waals surface area contributed by atoms with Gasteiger partial charge in [-0.3, -0.25) is 10.1 Å². The fourth-order valence-electron chi connectivity index (χ4n) is 2.83. The second-order valence-corrected chi connectivity index (χ2v) is 6.89. The molecule has 0 bridgehead atoms. The number of hydrogen-bond acceptors (Lipinski definition) is 7. The zero-order valence-electron chi connectivity index (χ0n) is 16.8. The van der Waals surface area contributed by atoms with Crippen LogP contribution >= 0.6 is 12.6 Å². The SMILES string of the molecule is C[C@@H](CCOC(=O)CS)[C@H](OC(=O)Nc1ccccc1)c1ccccc1OCCO. The summed E-state index contributed by atoms with van der Waals surface area (Å²) in [4.78, 5) is 23.9. The zero-order valence-corrected chi connectivity index (χ0v) is 17.7. The molecule has 0 aliphatic rings. The topological polar surface area (TPSA) is 94.1 Å². The Bertz CT molecular complexity index is 801. The molecule has 0 spiro atoms. The van der Waals surface area contributed by atoms with E-state index in [2.05, 4.69) is 17.9 Å². The maximum atomic E-state index is 12.5. The second-order valence-electron chi connectivity index (χ2n) is 6.57. The van der Waals surface area contributed by atoms with Crippen molar-refractivity contribution in [3.05, 3.63) is 60.2 Å². The number of esters is 1. The Balaban J connectivity index is 2.17. The highest BCUT2D eigenvalue weighted by Gasteiger charge is 2.27. The van der Waals surface area contributed by atoms with Crippen molar-refractivity contribution in [2.45, 2.75) is 19.4 Å². The summed E-state index contributed by atoms with van der Waals surface area (Å²) < 4.78 is 16.5. The predicted octanol–water partition coefficient (Wildman–Crippen LogP) is 3.85. The van der Waals surface area contributed by atoms with Gasteiger partial charge in [-0.2, -0.15) is 12.6 Å². The van der Waals surface area contributed by atoms with Crippen LogP contribution in [0.1, 0.15) is 25.0 Å². The minimum Gasteiger partial charge on any atom is -0.491 e. The molecule has 0 aliphatic heterocycles. The van der Waals surface area contributed by atoms with Crippen molar-refractivity contribution < 1.29 is 28.9 Å². The molecule has 7 nitrogen and oxygen atoms in total. The highest BCUT2D eigenvalue weighted by molar-refractivity contribution is 7.81. The number of hydrogen-bond donors (Lipinski definition) is 3. The summed E-state index contributed by atoms with van der Waals surface area (Å²) in [7, 11) is 0. The van der Waals surface area contributed by atoms with Crippen LogP contribution in [-0.2, 0) is 14.3 Å². The van der Waals surface area contributed by atoms with E-state index in [0.29, 0.717) is 23.4 Å². The van der Waals surface area contributed by atoms with Crippen LogP contribution in [0.4, 0.5) is 10.5 Å². The summed E-state index contributed by atoms with van der Waals surface area (Å²) in [5.74, 6) is -0.0658. The van der Waals surface area contributed by atoms with Gasteiger partial charge in [0.05, 0.1) is 19.0 Å². The van der Waals surface area contributed by atoms with Gasteiger partial charge >= 0.3 is 12.1 Å². The summed E-state index contributed by atoms with van der Waals surface area (Å²) in [5, 5.41) is 11.8. The number of nitrogens with one attached hydrogen (secondary N) is 1. The quantitative estimate of drug-likeness (QED) is 0.368. The van der Waals surface area contributed by atoms with E-state index in [1.807, 2.05) is 37.3 Å². The second kappa shape index (κ2) is 12.8. The van der Waals surface area contributed by atoms with E-state index in [1.54, 1.807) is 24.3 Å². The van der Waals surface area contributed by atoms with E-state index >= 15 is 0 Å². The molecule has 0 fully saturated rings. The lowest BCUT2D eigenvalue weighted by Crippen LogP contribution is -2.24. The number of ether oxygens (including phenoxy) is 3. The van der Waals surface area contributed by atoms with Crippen molar-refractivity contribution in [2.75, 3.05) is 30.9 Å². The average molecular weight is 434 g/mol. The Kier molecular flexibility index (Phi) is 10.0. The number of carbonyl (C=O) groups excluding carboxylic acids is 2. The third-order valence-corrected chi connectivity index (χ3v) is 4.57. The highest BCUT2D eigenvalue weighted by Crippen LogP contribution is 2.35.